The molecule has 0 aliphatic carbocycles. The number of amides is 1. The molecule has 0 saturated carbocycles. The first-order valence-electron chi connectivity index (χ1n) is 8.68. The smallest absolute Gasteiger partial charge is 0.252 e. The Morgan fingerprint density at radius 3 is 2.73 bits per heavy atom. The lowest BCUT2D eigenvalue weighted by atomic mass is 10.1. The molecule has 0 aliphatic heterocycles. The van der Waals surface area contributed by atoms with E-state index >= 15 is 0 Å². The van der Waals surface area contributed by atoms with Gasteiger partial charge in [0.05, 0.1) is 40.1 Å². The summed E-state index contributed by atoms with van der Waals surface area (Å²) in [6.07, 6.45) is 1.60. The molecule has 0 fully saturated rings. The van der Waals surface area contributed by atoms with Crippen LogP contribution in [0.5, 0.6) is 0 Å². The topological polar surface area (TPSA) is 77.6 Å². The van der Waals surface area contributed by atoms with Crippen LogP contribution >= 0.6 is 11.6 Å². The van der Waals surface area contributed by atoms with Gasteiger partial charge in [0.2, 0.25) is 0 Å². The maximum Gasteiger partial charge on any atom is 0.252 e. The molecule has 0 saturated heterocycles. The van der Waals surface area contributed by atoms with Crippen LogP contribution in [0.25, 0.3) is 11.0 Å². The molecule has 0 atom stereocenters. The number of carbonyl (C=O) groups is 1. The van der Waals surface area contributed by atoms with E-state index in [4.69, 9.17) is 11.6 Å². The Morgan fingerprint density at radius 2 is 2.08 bits per heavy atom. The fourth-order valence-corrected chi connectivity index (χ4v) is 3.28. The van der Waals surface area contributed by atoms with E-state index in [0.717, 1.165) is 28.1 Å². The van der Waals surface area contributed by atoms with Crippen LogP contribution in [0.3, 0.4) is 0 Å². The number of aromatic nitrogens is 5. The molecule has 3 rings (SSSR count). The first-order valence-corrected chi connectivity index (χ1v) is 9.06. The Balaban J connectivity index is 1.97. The van der Waals surface area contributed by atoms with Gasteiger partial charge in [-0.2, -0.15) is 10.2 Å². The lowest BCUT2D eigenvalue weighted by molar-refractivity contribution is 0.0951. The largest absolute Gasteiger partial charge is 0.346 e. The fourth-order valence-electron chi connectivity index (χ4n) is 3.07. The molecule has 0 aromatic carbocycles. The predicted octanol–water partition coefficient (Wildman–Crippen LogP) is 3.43. The van der Waals surface area contributed by atoms with Crippen molar-refractivity contribution in [2.45, 2.75) is 53.8 Å². The van der Waals surface area contributed by atoms with Gasteiger partial charge in [-0.1, -0.05) is 11.6 Å². The van der Waals surface area contributed by atoms with Gasteiger partial charge in [-0.25, -0.2) is 9.67 Å². The second-order valence-corrected chi connectivity index (χ2v) is 6.98. The summed E-state index contributed by atoms with van der Waals surface area (Å²) in [7, 11) is 0. The van der Waals surface area contributed by atoms with E-state index in [0.29, 0.717) is 23.7 Å². The van der Waals surface area contributed by atoms with Crippen molar-refractivity contribution in [2.75, 3.05) is 0 Å². The van der Waals surface area contributed by atoms with Gasteiger partial charge in [0.25, 0.3) is 5.91 Å². The minimum Gasteiger partial charge on any atom is -0.346 e. The summed E-state index contributed by atoms with van der Waals surface area (Å²) in [5.74, 6) is -0.174. The van der Waals surface area contributed by atoms with Crippen LogP contribution in [0.1, 0.15) is 54.3 Å². The number of carbonyl (C=O) groups excluding carboxylic acids is 1. The summed E-state index contributed by atoms with van der Waals surface area (Å²) in [5.41, 5.74) is 3.68. The number of nitrogens with zero attached hydrogens (tertiary/aromatic N) is 5. The summed E-state index contributed by atoms with van der Waals surface area (Å²) in [6, 6.07) is 1.96. The van der Waals surface area contributed by atoms with Crippen LogP contribution in [0.4, 0.5) is 0 Å². The molecule has 138 valence electrons. The molecule has 0 unspecified atom stereocenters. The molecular formula is C18H23ClN6O. The minimum atomic E-state index is -0.174. The van der Waals surface area contributed by atoms with Crippen molar-refractivity contribution >= 4 is 28.5 Å². The molecule has 1 N–H and O–H groups in total. The monoisotopic (exact) mass is 374 g/mol. The van der Waals surface area contributed by atoms with Gasteiger partial charge in [0, 0.05) is 18.3 Å². The zero-order valence-electron chi connectivity index (χ0n) is 15.7. The van der Waals surface area contributed by atoms with E-state index in [1.54, 1.807) is 16.9 Å². The van der Waals surface area contributed by atoms with Gasteiger partial charge in [-0.15, -0.1) is 0 Å². The Bertz CT molecular complexity index is 972. The standard InChI is InChI=1S/C18H23ClN6O/c1-6-24-15(14(19)8-21-24)9-20-18(26)13-7-11(4)22-17-16(13)12(5)23-25(17)10(2)3/h7-8,10H,6,9H2,1-5H3,(H,20,26). The summed E-state index contributed by atoms with van der Waals surface area (Å²) in [4.78, 5) is 17.5. The number of hydrogen-bond donors (Lipinski definition) is 1. The molecule has 0 aliphatic rings. The van der Waals surface area contributed by atoms with Crippen molar-refractivity contribution < 1.29 is 4.79 Å². The molecule has 0 spiro atoms. The van der Waals surface area contributed by atoms with E-state index in [1.807, 2.05) is 39.3 Å². The van der Waals surface area contributed by atoms with Crippen LogP contribution in [-0.4, -0.2) is 30.5 Å². The van der Waals surface area contributed by atoms with E-state index < -0.39 is 0 Å². The fraction of sp³-hybridized carbons (Fsp3) is 0.444. The average molecular weight is 375 g/mol. The number of halogens is 1. The summed E-state index contributed by atoms with van der Waals surface area (Å²) >= 11 is 6.18. The molecule has 3 aromatic heterocycles. The lowest BCUT2D eigenvalue weighted by Gasteiger charge is -2.10. The maximum absolute atomic E-state index is 12.9. The summed E-state index contributed by atoms with van der Waals surface area (Å²) in [6.45, 7) is 10.9. The van der Waals surface area contributed by atoms with Gasteiger partial charge < -0.3 is 5.32 Å². The summed E-state index contributed by atoms with van der Waals surface area (Å²) in [5, 5.41) is 13.0. The van der Waals surface area contributed by atoms with Crippen LogP contribution < -0.4 is 5.32 Å². The Hall–Kier alpha value is -2.41. The van der Waals surface area contributed by atoms with Crippen molar-refractivity contribution in [2.24, 2.45) is 0 Å². The molecule has 1 amide bonds. The number of rotatable bonds is 5. The molecule has 7 nitrogen and oxygen atoms in total. The van der Waals surface area contributed by atoms with Crippen molar-refractivity contribution in [1.82, 2.24) is 29.9 Å². The third kappa shape index (κ3) is 3.19. The van der Waals surface area contributed by atoms with E-state index in [9.17, 15) is 4.79 Å². The second kappa shape index (κ2) is 7.07. The van der Waals surface area contributed by atoms with Crippen LogP contribution in [0.15, 0.2) is 12.3 Å². The second-order valence-electron chi connectivity index (χ2n) is 6.57. The highest BCUT2D eigenvalue weighted by Crippen LogP contribution is 2.25. The molecule has 0 bridgehead atoms. The van der Waals surface area contributed by atoms with Crippen LogP contribution in [0, 0.1) is 13.8 Å². The van der Waals surface area contributed by atoms with Crippen molar-refractivity contribution in [3.05, 3.63) is 39.9 Å². The first kappa shape index (κ1) is 18.4. The van der Waals surface area contributed by atoms with Gasteiger partial charge in [0.1, 0.15) is 0 Å². The minimum absolute atomic E-state index is 0.161. The number of pyridine rings is 1. The van der Waals surface area contributed by atoms with Gasteiger partial charge >= 0.3 is 0 Å². The molecular weight excluding hydrogens is 352 g/mol. The predicted molar refractivity (Wildman–Crippen MR) is 101 cm³/mol. The van der Waals surface area contributed by atoms with Gasteiger partial charge in [-0.3, -0.25) is 9.48 Å². The van der Waals surface area contributed by atoms with Crippen molar-refractivity contribution in [1.29, 1.82) is 0 Å². The SMILES string of the molecule is CCn1ncc(Cl)c1CNC(=O)c1cc(C)nc2c1c(C)nn2C(C)C. The van der Waals surface area contributed by atoms with E-state index in [1.165, 1.54) is 0 Å². The Morgan fingerprint density at radius 1 is 1.35 bits per heavy atom. The molecule has 0 radical (unpaired) electrons. The molecule has 3 heterocycles. The highest BCUT2D eigenvalue weighted by atomic mass is 35.5. The third-order valence-corrected chi connectivity index (χ3v) is 4.63. The van der Waals surface area contributed by atoms with Crippen LogP contribution in [-0.2, 0) is 13.1 Å². The maximum atomic E-state index is 12.9. The summed E-state index contributed by atoms with van der Waals surface area (Å²) < 4.78 is 3.63. The molecule has 8 heteroatoms. The van der Waals surface area contributed by atoms with E-state index in [2.05, 4.69) is 20.5 Å². The number of aryl methyl sites for hydroxylation is 3. The first-order chi connectivity index (χ1) is 12.3. The van der Waals surface area contributed by atoms with Gasteiger partial charge in [-0.05, 0) is 40.7 Å². The Kier molecular flexibility index (Phi) is 5.00. The number of fused-ring (bicyclic) bond motifs is 1. The zero-order chi connectivity index (χ0) is 19.0. The highest BCUT2D eigenvalue weighted by Gasteiger charge is 2.20. The lowest BCUT2D eigenvalue weighted by Crippen LogP contribution is -2.25. The third-order valence-electron chi connectivity index (χ3n) is 4.31. The van der Waals surface area contributed by atoms with Crippen molar-refractivity contribution in [3.8, 4) is 0 Å². The quantitative estimate of drug-likeness (QED) is 0.742. The number of hydrogen-bond acceptors (Lipinski definition) is 4. The normalized spacial score (nSPS) is 11.5. The molecule has 26 heavy (non-hydrogen) atoms. The zero-order valence-corrected chi connectivity index (χ0v) is 16.4. The number of nitrogens with one attached hydrogen (secondary N) is 1. The average Bonchev–Trinajstić information content (AvgIpc) is 3.12. The molecule has 3 aromatic rings. The van der Waals surface area contributed by atoms with E-state index in [-0.39, 0.29) is 11.9 Å². The van der Waals surface area contributed by atoms with Crippen LogP contribution in [0.2, 0.25) is 5.02 Å². The Labute approximate surface area is 157 Å². The van der Waals surface area contributed by atoms with Crippen molar-refractivity contribution in [3.63, 3.8) is 0 Å². The highest BCUT2D eigenvalue weighted by molar-refractivity contribution is 6.31. The van der Waals surface area contributed by atoms with Gasteiger partial charge in [0.15, 0.2) is 5.65 Å².